The van der Waals surface area contributed by atoms with Crippen LogP contribution in [0.3, 0.4) is 0 Å². The highest BCUT2D eigenvalue weighted by Crippen LogP contribution is 2.41. The van der Waals surface area contributed by atoms with Gasteiger partial charge >= 0.3 is 0 Å². The summed E-state index contributed by atoms with van der Waals surface area (Å²) in [6, 6.07) is 11.5. The van der Waals surface area contributed by atoms with Crippen LogP contribution in [0.4, 0.5) is 0 Å². The summed E-state index contributed by atoms with van der Waals surface area (Å²) in [7, 11) is 1.65. The zero-order chi connectivity index (χ0) is 16.6. The Morgan fingerprint density at radius 2 is 1.75 bits per heavy atom. The van der Waals surface area contributed by atoms with E-state index < -0.39 is 5.54 Å². The molecule has 3 nitrogen and oxygen atoms in total. The van der Waals surface area contributed by atoms with Crippen LogP contribution >= 0.6 is 23.7 Å². The van der Waals surface area contributed by atoms with Crippen LogP contribution in [-0.2, 0) is 5.54 Å². The molecule has 2 aromatic carbocycles. The highest BCUT2D eigenvalue weighted by Gasteiger charge is 2.30. The summed E-state index contributed by atoms with van der Waals surface area (Å²) in [4.78, 5) is 12.9. The van der Waals surface area contributed by atoms with E-state index in [-0.39, 0.29) is 17.8 Å². The van der Waals surface area contributed by atoms with E-state index in [1.165, 1.54) is 0 Å². The van der Waals surface area contributed by atoms with Crippen molar-refractivity contribution >= 4 is 43.9 Å². The van der Waals surface area contributed by atoms with Gasteiger partial charge in [-0.1, -0.05) is 26.0 Å². The van der Waals surface area contributed by atoms with Crippen molar-refractivity contribution in [2.75, 3.05) is 7.11 Å². The molecule has 0 bridgehead atoms. The number of hydrogen-bond acceptors (Lipinski definition) is 4. The fraction of sp³-hybridized carbons (Fsp3) is 0.316. The van der Waals surface area contributed by atoms with Crippen molar-refractivity contribution in [2.45, 2.75) is 32.2 Å². The average molecular weight is 364 g/mol. The van der Waals surface area contributed by atoms with Gasteiger partial charge in [-0.2, -0.15) is 0 Å². The van der Waals surface area contributed by atoms with Crippen LogP contribution in [-0.4, -0.2) is 7.11 Å². The fourth-order valence-electron chi connectivity index (χ4n) is 3.09. The standard InChI is InChI=1S/C19H21NO2S.ClH/c1-4-19(20,5-2)16-14(22-3)11-10-13-17(21)12-8-6-7-9-15(12)23-18(13)16;/h6-11H,4-5,20H2,1-3H3;1H. The zero-order valence-corrected chi connectivity index (χ0v) is 15.7. The van der Waals surface area contributed by atoms with Crippen LogP contribution < -0.4 is 15.9 Å². The van der Waals surface area contributed by atoms with Crippen LogP contribution in [0.15, 0.2) is 41.2 Å². The van der Waals surface area contributed by atoms with Crippen LogP contribution in [0.1, 0.15) is 32.3 Å². The Labute approximate surface area is 151 Å². The molecule has 0 saturated carbocycles. The Morgan fingerprint density at radius 3 is 2.38 bits per heavy atom. The third kappa shape index (κ3) is 2.79. The molecule has 0 saturated heterocycles. The number of benzene rings is 2. The number of nitrogens with two attached hydrogens (primary N) is 1. The first kappa shape index (κ1) is 18.7. The van der Waals surface area contributed by atoms with Gasteiger partial charge in [0.05, 0.1) is 7.11 Å². The number of hydrogen-bond donors (Lipinski definition) is 1. The highest BCUT2D eigenvalue weighted by molar-refractivity contribution is 7.24. The summed E-state index contributed by atoms with van der Waals surface area (Å²) in [5.74, 6) is 0.759. The van der Waals surface area contributed by atoms with Gasteiger partial charge in [0.1, 0.15) is 5.75 Å². The van der Waals surface area contributed by atoms with Crippen molar-refractivity contribution in [1.82, 2.24) is 0 Å². The normalized spacial score (nSPS) is 11.5. The van der Waals surface area contributed by atoms with E-state index in [1.54, 1.807) is 18.4 Å². The molecule has 0 aliphatic heterocycles. The summed E-state index contributed by atoms with van der Waals surface area (Å²) in [6.45, 7) is 4.15. The highest BCUT2D eigenvalue weighted by atomic mass is 35.5. The maximum Gasteiger partial charge on any atom is 0.195 e. The molecule has 1 aromatic heterocycles. The van der Waals surface area contributed by atoms with E-state index in [0.29, 0.717) is 0 Å². The Balaban J connectivity index is 0.00000208. The Kier molecular flexibility index (Phi) is 5.53. The van der Waals surface area contributed by atoms with Crippen LogP contribution in [0.2, 0.25) is 0 Å². The minimum absolute atomic E-state index is 0. The minimum atomic E-state index is -0.504. The maximum absolute atomic E-state index is 12.9. The van der Waals surface area contributed by atoms with Gasteiger partial charge < -0.3 is 10.5 Å². The van der Waals surface area contributed by atoms with Gasteiger partial charge in [0.2, 0.25) is 0 Å². The second kappa shape index (κ2) is 7.09. The van der Waals surface area contributed by atoms with Crippen LogP contribution in [0.25, 0.3) is 20.2 Å². The number of halogens is 1. The molecule has 1 heterocycles. The molecule has 0 radical (unpaired) electrons. The molecule has 0 spiro atoms. The lowest BCUT2D eigenvalue weighted by atomic mass is 9.84. The molecule has 0 aliphatic carbocycles. The molecule has 0 fully saturated rings. The van der Waals surface area contributed by atoms with E-state index in [1.807, 2.05) is 36.4 Å². The maximum atomic E-state index is 12.9. The predicted octanol–water partition coefficient (Wildman–Crippen LogP) is 4.82. The quantitative estimate of drug-likeness (QED) is 0.676. The van der Waals surface area contributed by atoms with Gasteiger partial charge in [-0.15, -0.1) is 23.7 Å². The van der Waals surface area contributed by atoms with Gasteiger partial charge in [-0.3, -0.25) is 4.79 Å². The number of ether oxygens (including phenoxy) is 1. The minimum Gasteiger partial charge on any atom is -0.496 e. The van der Waals surface area contributed by atoms with E-state index in [2.05, 4.69) is 13.8 Å². The van der Waals surface area contributed by atoms with E-state index in [0.717, 1.165) is 44.3 Å². The van der Waals surface area contributed by atoms with Gasteiger partial charge in [0.25, 0.3) is 0 Å². The van der Waals surface area contributed by atoms with Crippen LogP contribution in [0.5, 0.6) is 5.75 Å². The van der Waals surface area contributed by atoms with E-state index >= 15 is 0 Å². The van der Waals surface area contributed by atoms with Crippen molar-refractivity contribution in [1.29, 1.82) is 0 Å². The first-order chi connectivity index (χ1) is 11.1. The molecule has 0 amide bonds. The van der Waals surface area contributed by atoms with Crippen molar-refractivity contribution in [3.8, 4) is 5.75 Å². The SMILES string of the molecule is CCC(N)(CC)c1c(OC)ccc2c(=O)c3ccccc3sc12.Cl. The predicted molar refractivity (Wildman–Crippen MR) is 106 cm³/mol. The summed E-state index contributed by atoms with van der Waals surface area (Å²) in [5.41, 5.74) is 7.19. The van der Waals surface area contributed by atoms with Gasteiger partial charge in [-0.25, -0.2) is 0 Å². The lowest BCUT2D eigenvalue weighted by molar-refractivity contribution is 0.366. The lowest BCUT2D eigenvalue weighted by Gasteiger charge is -2.30. The molecule has 2 N–H and O–H groups in total. The third-order valence-electron chi connectivity index (χ3n) is 4.69. The van der Waals surface area contributed by atoms with Crippen LogP contribution in [0, 0.1) is 0 Å². The first-order valence-corrected chi connectivity index (χ1v) is 8.69. The topological polar surface area (TPSA) is 52.3 Å². The molecule has 0 aliphatic rings. The molecule has 3 aromatic rings. The molecule has 128 valence electrons. The Hall–Kier alpha value is -1.62. The second-order valence-electron chi connectivity index (χ2n) is 5.81. The van der Waals surface area contributed by atoms with Gasteiger partial charge in [-0.05, 0) is 37.1 Å². The van der Waals surface area contributed by atoms with Gasteiger partial charge in [0.15, 0.2) is 5.43 Å². The molecular weight excluding hydrogens is 342 g/mol. The summed E-state index contributed by atoms with van der Waals surface area (Å²) in [6.07, 6.45) is 1.57. The van der Waals surface area contributed by atoms with Gasteiger partial charge in [0, 0.05) is 31.3 Å². The summed E-state index contributed by atoms with van der Waals surface area (Å²) < 4.78 is 7.50. The Morgan fingerprint density at radius 1 is 1.08 bits per heavy atom. The largest absolute Gasteiger partial charge is 0.496 e. The lowest BCUT2D eigenvalue weighted by Crippen LogP contribution is -2.35. The molecule has 5 heteroatoms. The van der Waals surface area contributed by atoms with Crippen molar-refractivity contribution in [3.05, 3.63) is 52.2 Å². The molecule has 3 rings (SSSR count). The van der Waals surface area contributed by atoms with Crippen molar-refractivity contribution < 1.29 is 4.74 Å². The first-order valence-electron chi connectivity index (χ1n) is 7.87. The summed E-state index contributed by atoms with van der Waals surface area (Å²) >= 11 is 1.62. The molecule has 24 heavy (non-hydrogen) atoms. The van der Waals surface area contributed by atoms with E-state index in [4.69, 9.17) is 10.5 Å². The summed E-state index contributed by atoms with van der Waals surface area (Å²) in [5, 5.41) is 1.48. The molecule has 0 atom stereocenters. The molecular formula is C19H22ClNO2S. The van der Waals surface area contributed by atoms with Crippen molar-refractivity contribution in [3.63, 3.8) is 0 Å². The second-order valence-corrected chi connectivity index (χ2v) is 6.86. The smallest absolute Gasteiger partial charge is 0.195 e. The average Bonchev–Trinajstić information content (AvgIpc) is 2.60. The monoisotopic (exact) mass is 363 g/mol. The number of rotatable bonds is 4. The van der Waals surface area contributed by atoms with E-state index in [9.17, 15) is 4.79 Å². The zero-order valence-electron chi connectivity index (χ0n) is 14.1. The number of fused-ring (bicyclic) bond motifs is 2. The number of methoxy groups -OCH3 is 1. The third-order valence-corrected chi connectivity index (χ3v) is 5.89. The van der Waals surface area contributed by atoms with Crippen molar-refractivity contribution in [2.24, 2.45) is 5.73 Å². The molecule has 0 unspecified atom stereocenters. The fourth-order valence-corrected chi connectivity index (χ4v) is 4.41. The Bertz CT molecular complexity index is 932.